The molecule has 2 heterocycles. The van der Waals surface area contributed by atoms with Crippen LogP contribution in [0.4, 0.5) is 17.1 Å². The van der Waals surface area contributed by atoms with Crippen molar-refractivity contribution in [3.05, 3.63) is 188 Å². The van der Waals surface area contributed by atoms with Crippen LogP contribution in [0.3, 0.4) is 0 Å². The highest BCUT2D eigenvalue weighted by molar-refractivity contribution is 7.26. The summed E-state index contributed by atoms with van der Waals surface area (Å²) in [5.74, 6) is 0. The minimum Gasteiger partial charge on any atom is -0.455 e. The Morgan fingerprint density at radius 2 is 1.08 bits per heavy atom. The Balaban J connectivity index is 1.09. The molecule has 11 rings (SSSR count). The van der Waals surface area contributed by atoms with Gasteiger partial charge in [0.1, 0.15) is 11.2 Å². The number of nitrogens with zero attached hydrogens (tertiary/aromatic N) is 1. The van der Waals surface area contributed by atoms with Gasteiger partial charge in [0.2, 0.25) is 0 Å². The van der Waals surface area contributed by atoms with E-state index < -0.39 is 0 Å². The third-order valence-corrected chi connectivity index (χ3v) is 11.9. The molecule has 2 nitrogen and oxygen atoms in total. The van der Waals surface area contributed by atoms with Gasteiger partial charge in [0.15, 0.2) is 0 Å². The summed E-state index contributed by atoms with van der Waals surface area (Å²) >= 11 is 1.88. The van der Waals surface area contributed by atoms with Crippen molar-refractivity contribution < 1.29 is 4.42 Å². The molecule has 248 valence electrons. The van der Waals surface area contributed by atoms with Gasteiger partial charge in [-0.1, -0.05) is 133 Å². The van der Waals surface area contributed by atoms with Gasteiger partial charge in [-0.05, 0) is 81.6 Å². The SMILES string of the molecule is c1ccc(N(c2ccc3c(c2)oc2c4ccccc4c(-c4cccc(-c5cccc6c5sc5ccccc56)c4)cc32)c2cccc3ccccc23)cc1. The Morgan fingerprint density at radius 3 is 1.96 bits per heavy atom. The van der Waals surface area contributed by atoms with E-state index in [1.165, 1.54) is 58.6 Å². The Bertz CT molecular complexity index is 3180. The number of furan rings is 1. The maximum Gasteiger partial charge on any atom is 0.143 e. The van der Waals surface area contributed by atoms with Gasteiger partial charge in [0.05, 0.1) is 5.69 Å². The quantitative estimate of drug-likeness (QED) is 0.178. The van der Waals surface area contributed by atoms with Crippen molar-refractivity contribution in [3.63, 3.8) is 0 Å². The molecule has 53 heavy (non-hydrogen) atoms. The van der Waals surface area contributed by atoms with Crippen LogP contribution in [0.25, 0.3) is 85.9 Å². The molecule has 0 unspecified atom stereocenters. The highest BCUT2D eigenvalue weighted by Crippen LogP contribution is 2.45. The second-order valence-electron chi connectivity index (χ2n) is 13.7. The molecule has 11 aromatic rings. The molecule has 0 atom stereocenters. The van der Waals surface area contributed by atoms with Gasteiger partial charge >= 0.3 is 0 Å². The number of hydrogen-bond acceptors (Lipinski definition) is 3. The Hall–Kier alpha value is -6.68. The molecular formula is C50H31NOS. The van der Waals surface area contributed by atoms with Crippen molar-refractivity contribution >= 4 is 92.1 Å². The molecule has 0 amide bonds. The van der Waals surface area contributed by atoms with Crippen LogP contribution in [0.1, 0.15) is 0 Å². The van der Waals surface area contributed by atoms with Crippen LogP contribution in [0.5, 0.6) is 0 Å². The molecule has 0 bridgehead atoms. The van der Waals surface area contributed by atoms with Gasteiger partial charge in [-0.2, -0.15) is 0 Å². The smallest absolute Gasteiger partial charge is 0.143 e. The number of para-hydroxylation sites is 1. The van der Waals surface area contributed by atoms with Crippen molar-refractivity contribution in [3.8, 4) is 22.3 Å². The lowest BCUT2D eigenvalue weighted by atomic mass is 9.93. The highest BCUT2D eigenvalue weighted by Gasteiger charge is 2.20. The molecule has 0 fully saturated rings. The van der Waals surface area contributed by atoms with Gasteiger partial charge in [-0.25, -0.2) is 0 Å². The standard InChI is InChI=1S/C50H31NOS/c1-2-17-35(18-3-1)51(46-25-11-14-32-13-4-5-19-37(32)46)36-27-28-40-45-31-44(39-20-6-7-22-42(39)49(45)52-47(40)30-36)34-16-10-15-33(29-34)38-23-12-24-43-41-21-8-9-26-48(41)53-50(38)43/h1-31H. The molecule has 0 aliphatic carbocycles. The lowest BCUT2D eigenvalue weighted by Crippen LogP contribution is -2.10. The Morgan fingerprint density at radius 1 is 0.396 bits per heavy atom. The molecule has 0 aliphatic heterocycles. The average Bonchev–Trinajstić information content (AvgIpc) is 3.80. The summed E-state index contributed by atoms with van der Waals surface area (Å²) in [6.07, 6.45) is 0. The minimum atomic E-state index is 0.867. The fourth-order valence-corrected chi connectivity index (χ4v) is 9.44. The molecule has 2 aromatic heterocycles. The molecule has 0 aliphatic rings. The number of anilines is 3. The normalized spacial score (nSPS) is 11.8. The largest absolute Gasteiger partial charge is 0.455 e. The summed E-state index contributed by atoms with van der Waals surface area (Å²) in [4.78, 5) is 2.33. The van der Waals surface area contributed by atoms with Gasteiger partial charge < -0.3 is 9.32 Å². The molecule has 9 aromatic carbocycles. The van der Waals surface area contributed by atoms with Crippen LogP contribution in [-0.2, 0) is 0 Å². The van der Waals surface area contributed by atoms with E-state index in [-0.39, 0.29) is 0 Å². The summed E-state index contributed by atoms with van der Waals surface area (Å²) in [6, 6.07) is 67.8. The van der Waals surface area contributed by atoms with Crippen molar-refractivity contribution in [2.24, 2.45) is 0 Å². The van der Waals surface area contributed by atoms with Crippen LogP contribution in [0.2, 0.25) is 0 Å². The average molecular weight is 694 g/mol. The van der Waals surface area contributed by atoms with Crippen LogP contribution < -0.4 is 4.90 Å². The van der Waals surface area contributed by atoms with E-state index in [0.717, 1.165) is 44.4 Å². The third kappa shape index (κ3) is 4.78. The fraction of sp³-hybridized carbons (Fsp3) is 0. The van der Waals surface area contributed by atoms with E-state index in [2.05, 4.69) is 193 Å². The van der Waals surface area contributed by atoms with Crippen LogP contribution in [-0.4, -0.2) is 0 Å². The van der Waals surface area contributed by atoms with E-state index in [1.54, 1.807) is 0 Å². The van der Waals surface area contributed by atoms with Crippen LogP contribution in [0, 0.1) is 0 Å². The molecule has 0 radical (unpaired) electrons. The second kappa shape index (κ2) is 11.9. The number of fused-ring (bicyclic) bond motifs is 9. The fourth-order valence-electron chi connectivity index (χ4n) is 8.20. The molecule has 0 spiro atoms. The lowest BCUT2D eigenvalue weighted by Gasteiger charge is -2.26. The summed E-state index contributed by atoms with van der Waals surface area (Å²) in [5, 5.41) is 9.56. The number of rotatable bonds is 5. The zero-order chi connectivity index (χ0) is 34.9. The van der Waals surface area contributed by atoms with Crippen LogP contribution >= 0.6 is 11.3 Å². The van der Waals surface area contributed by atoms with E-state index in [4.69, 9.17) is 4.42 Å². The first-order valence-electron chi connectivity index (χ1n) is 18.0. The minimum absolute atomic E-state index is 0.867. The summed E-state index contributed by atoms with van der Waals surface area (Å²) in [5.41, 5.74) is 9.94. The predicted octanol–water partition coefficient (Wildman–Crippen LogP) is 15.1. The lowest BCUT2D eigenvalue weighted by molar-refractivity contribution is 0.673. The maximum absolute atomic E-state index is 6.85. The van der Waals surface area contributed by atoms with Gasteiger partial charge in [-0.15, -0.1) is 11.3 Å². The summed E-state index contributed by atoms with van der Waals surface area (Å²) in [6.45, 7) is 0. The zero-order valence-electron chi connectivity index (χ0n) is 28.7. The topological polar surface area (TPSA) is 16.4 Å². The van der Waals surface area contributed by atoms with Crippen molar-refractivity contribution in [1.82, 2.24) is 0 Å². The summed E-state index contributed by atoms with van der Waals surface area (Å²) in [7, 11) is 0. The van der Waals surface area contributed by atoms with Crippen LogP contribution in [0.15, 0.2) is 192 Å². The molecular weight excluding hydrogens is 663 g/mol. The second-order valence-corrected chi connectivity index (χ2v) is 14.7. The number of thiophene rings is 1. The first-order chi connectivity index (χ1) is 26.3. The monoisotopic (exact) mass is 693 g/mol. The zero-order valence-corrected chi connectivity index (χ0v) is 29.5. The predicted molar refractivity (Wildman–Crippen MR) is 227 cm³/mol. The van der Waals surface area contributed by atoms with Gasteiger partial charge in [-0.3, -0.25) is 0 Å². The molecule has 0 saturated carbocycles. The van der Waals surface area contributed by atoms with Crippen molar-refractivity contribution in [2.45, 2.75) is 0 Å². The summed E-state index contributed by atoms with van der Waals surface area (Å²) < 4.78 is 9.50. The maximum atomic E-state index is 6.85. The first kappa shape index (κ1) is 30.0. The van der Waals surface area contributed by atoms with E-state index in [9.17, 15) is 0 Å². The van der Waals surface area contributed by atoms with E-state index in [1.807, 2.05) is 11.3 Å². The number of benzene rings is 9. The van der Waals surface area contributed by atoms with E-state index in [0.29, 0.717) is 0 Å². The van der Waals surface area contributed by atoms with Gasteiger partial charge in [0.25, 0.3) is 0 Å². The van der Waals surface area contributed by atoms with Gasteiger partial charge in [0, 0.05) is 59.2 Å². The van der Waals surface area contributed by atoms with Crippen molar-refractivity contribution in [1.29, 1.82) is 0 Å². The Kier molecular flexibility index (Phi) is 6.76. The number of hydrogen-bond donors (Lipinski definition) is 0. The molecule has 0 saturated heterocycles. The molecule has 0 N–H and O–H groups in total. The highest BCUT2D eigenvalue weighted by atomic mass is 32.1. The molecule has 3 heteroatoms. The Labute approximate surface area is 310 Å². The van der Waals surface area contributed by atoms with E-state index >= 15 is 0 Å². The first-order valence-corrected chi connectivity index (χ1v) is 18.8. The third-order valence-electron chi connectivity index (χ3n) is 10.6. The van der Waals surface area contributed by atoms with Crippen molar-refractivity contribution in [2.75, 3.05) is 4.90 Å².